The largest absolute Gasteiger partial charge is 0.352 e. The fourth-order valence-corrected chi connectivity index (χ4v) is 3.67. The molecule has 118 valence electrons. The highest BCUT2D eigenvalue weighted by Crippen LogP contribution is 2.34. The lowest BCUT2D eigenvalue weighted by atomic mass is 10.0. The molecule has 0 bridgehead atoms. The fraction of sp³-hybridized carbons (Fsp3) is 0.294. The predicted octanol–water partition coefficient (Wildman–Crippen LogP) is 3.44. The van der Waals surface area contributed by atoms with Gasteiger partial charge in [-0.15, -0.1) is 0 Å². The van der Waals surface area contributed by atoms with Gasteiger partial charge in [-0.25, -0.2) is 0 Å². The molecule has 2 atom stereocenters. The first kappa shape index (κ1) is 14.5. The number of hydrogen-bond donors (Lipinski definition) is 3. The smallest absolute Gasteiger partial charge is 0.229 e. The van der Waals surface area contributed by atoms with Crippen molar-refractivity contribution in [1.82, 2.24) is 9.97 Å². The second kappa shape index (κ2) is 5.51. The number of hydrogen-bond acceptors (Lipinski definition) is 3. The number of pyridine rings is 1. The van der Waals surface area contributed by atoms with E-state index in [0.717, 1.165) is 41.1 Å². The number of H-pyrrole nitrogens is 1. The summed E-state index contributed by atoms with van der Waals surface area (Å²) in [6.07, 6.45) is 6.25. The summed E-state index contributed by atoms with van der Waals surface area (Å²) in [6, 6.07) is 5.54. The van der Waals surface area contributed by atoms with E-state index < -0.39 is 0 Å². The van der Waals surface area contributed by atoms with Crippen LogP contribution in [0.25, 0.3) is 21.8 Å². The van der Waals surface area contributed by atoms with Gasteiger partial charge in [0, 0.05) is 28.0 Å². The van der Waals surface area contributed by atoms with E-state index in [2.05, 4.69) is 15.3 Å². The van der Waals surface area contributed by atoms with Crippen molar-refractivity contribution in [3.8, 4) is 0 Å². The number of anilines is 1. The van der Waals surface area contributed by atoms with Crippen LogP contribution >= 0.6 is 11.6 Å². The predicted molar refractivity (Wildman–Crippen MR) is 92.6 cm³/mol. The summed E-state index contributed by atoms with van der Waals surface area (Å²) in [5.74, 6) is -0.162. The number of aromatic nitrogens is 2. The zero-order valence-corrected chi connectivity index (χ0v) is 13.2. The molecular weight excluding hydrogens is 312 g/mol. The highest BCUT2D eigenvalue weighted by atomic mass is 35.5. The number of rotatable bonds is 2. The average Bonchev–Trinajstić information content (AvgIpc) is 3.11. The summed E-state index contributed by atoms with van der Waals surface area (Å²) in [5.41, 5.74) is 8.50. The zero-order valence-electron chi connectivity index (χ0n) is 12.5. The lowest BCUT2D eigenvalue weighted by Gasteiger charge is -2.15. The molecule has 1 amide bonds. The van der Waals surface area contributed by atoms with Crippen LogP contribution < -0.4 is 11.1 Å². The maximum atomic E-state index is 12.5. The molecule has 1 fully saturated rings. The minimum Gasteiger partial charge on any atom is -0.352 e. The second-order valence-corrected chi connectivity index (χ2v) is 6.55. The van der Waals surface area contributed by atoms with Crippen molar-refractivity contribution in [2.24, 2.45) is 11.7 Å². The molecule has 4 N–H and O–H groups in total. The average molecular weight is 329 g/mol. The van der Waals surface area contributed by atoms with Gasteiger partial charge in [-0.3, -0.25) is 9.78 Å². The van der Waals surface area contributed by atoms with Gasteiger partial charge in [-0.1, -0.05) is 18.0 Å². The third kappa shape index (κ3) is 2.46. The van der Waals surface area contributed by atoms with Gasteiger partial charge >= 0.3 is 0 Å². The van der Waals surface area contributed by atoms with Gasteiger partial charge in [0.15, 0.2) is 0 Å². The third-order valence-electron chi connectivity index (χ3n) is 4.64. The van der Waals surface area contributed by atoms with Crippen molar-refractivity contribution in [3.05, 3.63) is 35.6 Å². The van der Waals surface area contributed by atoms with E-state index in [9.17, 15) is 4.79 Å². The summed E-state index contributed by atoms with van der Waals surface area (Å²) in [4.78, 5) is 20.0. The lowest BCUT2D eigenvalue weighted by molar-refractivity contribution is -0.120. The first-order valence-corrected chi connectivity index (χ1v) is 8.12. The molecule has 5 nitrogen and oxygen atoms in total. The highest BCUT2D eigenvalue weighted by Gasteiger charge is 2.30. The number of halogens is 1. The minimum atomic E-state index is -0.130. The Hall–Kier alpha value is -2.11. The quantitative estimate of drug-likeness (QED) is 0.673. The number of carbonyl (C=O) groups excluding carboxylic acids is 1. The van der Waals surface area contributed by atoms with Crippen LogP contribution in [0.15, 0.2) is 30.6 Å². The van der Waals surface area contributed by atoms with E-state index in [4.69, 9.17) is 17.3 Å². The van der Waals surface area contributed by atoms with Crippen LogP contribution in [-0.2, 0) is 4.79 Å². The van der Waals surface area contributed by atoms with E-state index in [1.165, 1.54) is 0 Å². The number of nitrogens with zero attached hydrogens (tertiary/aromatic N) is 1. The van der Waals surface area contributed by atoms with E-state index in [0.29, 0.717) is 10.7 Å². The Kier molecular flexibility index (Phi) is 3.47. The Bertz CT molecular complexity index is 904. The summed E-state index contributed by atoms with van der Waals surface area (Å²) >= 11 is 6.25. The normalized spacial score (nSPS) is 21.1. The van der Waals surface area contributed by atoms with Crippen LogP contribution in [0.3, 0.4) is 0 Å². The summed E-state index contributed by atoms with van der Waals surface area (Å²) < 4.78 is 0. The summed E-state index contributed by atoms with van der Waals surface area (Å²) in [6.45, 7) is 0. The standard InChI is InChI=1S/C17H17ClN4O/c18-9-6-12-10-4-5-20-8-15(10)21-16(12)14(7-9)22-17(23)11-2-1-3-13(11)19/h4-8,11,13,21H,1-3,19H2,(H,22,23)/t11-,13+/m1/s1. The number of benzene rings is 1. The minimum absolute atomic E-state index is 0.0321. The molecule has 0 unspecified atom stereocenters. The Labute approximate surface area is 138 Å². The molecule has 0 aliphatic heterocycles. The Balaban J connectivity index is 1.78. The van der Waals surface area contributed by atoms with Crippen molar-refractivity contribution in [1.29, 1.82) is 0 Å². The number of amides is 1. The van der Waals surface area contributed by atoms with E-state index in [1.807, 2.05) is 12.1 Å². The molecule has 23 heavy (non-hydrogen) atoms. The van der Waals surface area contributed by atoms with Gasteiger partial charge in [0.2, 0.25) is 5.91 Å². The van der Waals surface area contributed by atoms with Crippen molar-refractivity contribution in [2.45, 2.75) is 25.3 Å². The van der Waals surface area contributed by atoms with Gasteiger partial charge < -0.3 is 16.0 Å². The number of fused-ring (bicyclic) bond motifs is 3. The van der Waals surface area contributed by atoms with Gasteiger partial charge in [0.25, 0.3) is 0 Å². The highest BCUT2D eigenvalue weighted by molar-refractivity contribution is 6.32. The number of nitrogens with two attached hydrogens (primary N) is 1. The molecule has 0 saturated heterocycles. The van der Waals surface area contributed by atoms with Crippen molar-refractivity contribution >= 4 is 45.0 Å². The summed E-state index contributed by atoms with van der Waals surface area (Å²) in [7, 11) is 0. The molecule has 2 heterocycles. The van der Waals surface area contributed by atoms with E-state index in [-0.39, 0.29) is 17.9 Å². The number of nitrogens with one attached hydrogen (secondary N) is 2. The van der Waals surface area contributed by atoms with Crippen LogP contribution in [0.5, 0.6) is 0 Å². The lowest BCUT2D eigenvalue weighted by Crippen LogP contribution is -2.34. The van der Waals surface area contributed by atoms with Gasteiger partial charge in [0.05, 0.1) is 28.8 Å². The molecule has 2 aromatic heterocycles. The van der Waals surface area contributed by atoms with Crippen LogP contribution in [-0.4, -0.2) is 21.9 Å². The molecule has 1 saturated carbocycles. The monoisotopic (exact) mass is 328 g/mol. The maximum Gasteiger partial charge on any atom is 0.229 e. The topological polar surface area (TPSA) is 83.8 Å². The Morgan fingerprint density at radius 2 is 2.22 bits per heavy atom. The maximum absolute atomic E-state index is 12.5. The third-order valence-corrected chi connectivity index (χ3v) is 4.86. The molecule has 0 radical (unpaired) electrons. The van der Waals surface area contributed by atoms with Crippen molar-refractivity contribution in [3.63, 3.8) is 0 Å². The van der Waals surface area contributed by atoms with Crippen molar-refractivity contribution < 1.29 is 4.79 Å². The summed E-state index contributed by atoms with van der Waals surface area (Å²) in [5, 5.41) is 5.59. The van der Waals surface area contributed by atoms with Gasteiger partial charge in [-0.05, 0) is 31.0 Å². The molecule has 0 spiro atoms. The first-order chi connectivity index (χ1) is 11.1. The molecule has 6 heteroatoms. The molecule has 4 rings (SSSR count). The Morgan fingerprint density at radius 3 is 3.00 bits per heavy atom. The molecular formula is C17H17ClN4O. The van der Waals surface area contributed by atoms with E-state index >= 15 is 0 Å². The second-order valence-electron chi connectivity index (χ2n) is 6.11. The van der Waals surface area contributed by atoms with Crippen LogP contribution in [0, 0.1) is 5.92 Å². The van der Waals surface area contributed by atoms with Crippen LogP contribution in [0.4, 0.5) is 5.69 Å². The zero-order chi connectivity index (χ0) is 16.0. The molecule has 1 aliphatic carbocycles. The van der Waals surface area contributed by atoms with Crippen LogP contribution in [0.2, 0.25) is 5.02 Å². The first-order valence-electron chi connectivity index (χ1n) is 7.75. The number of aromatic amines is 1. The Morgan fingerprint density at radius 1 is 1.35 bits per heavy atom. The van der Waals surface area contributed by atoms with Gasteiger partial charge in [-0.2, -0.15) is 0 Å². The molecule has 1 aliphatic rings. The fourth-order valence-electron chi connectivity index (χ4n) is 3.46. The number of carbonyl (C=O) groups is 1. The molecule has 3 aromatic rings. The van der Waals surface area contributed by atoms with Crippen LogP contribution in [0.1, 0.15) is 19.3 Å². The SMILES string of the molecule is N[C@H]1CCC[C@H]1C(=O)Nc1cc(Cl)cc2c1[nH]c1cnccc12. The van der Waals surface area contributed by atoms with Gasteiger partial charge in [0.1, 0.15) is 0 Å². The van der Waals surface area contributed by atoms with Crippen molar-refractivity contribution in [2.75, 3.05) is 5.32 Å². The molecule has 1 aromatic carbocycles. The van der Waals surface area contributed by atoms with E-state index in [1.54, 1.807) is 18.5 Å².